The van der Waals surface area contributed by atoms with Gasteiger partial charge in [-0.05, 0) is 19.3 Å². The SMILES string of the molecule is NCC1(C(=O)NC(CCC(=O)O)C(=O)O)CC1. The first-order valence-electron chi connectivity index (χ1n) is 5.37. The number of carbonyl (C=O) groups is 3. The molecule has 1 rings (SSSR count). The van der Waals surface area contributed by atoms with Gasteiger partial charge in [0.2, 0.25) is 5.91 Å². The Balaban J connectivity index is 2.52. The molecule has 5 N–H and O–H groups in total. The largest absolute Gasteiger partial charge is 0.481 e. The van der Waals surface area contributed by atoms with E-state index in [0.29, 0.717) is 12.8 Å². The number of amides is 1. The van der Waals surface area contributed by atoms with Gasteiger partial charge in [-0.3, -0.25) is 9.59 Å². The van der Waals surface area contributed by atoms with Crippen molar-refractivity contribution in [3.05, 3.63) is 0 Å². The zero-order valence-corrected chi connectivity index (χ0v) is 9.31. The van der Waals surface area contributed by atoms with E-state index in [1.54, 1.807) is 0 Å². The number of carbonyl (C=O) groups excluding carboxylic acids is 1. The Hall–Kier alpha value is -1.63. The molecule has 1 atom stereocenters. The van der Waals surface area contributed by atoms with Crippen molar-refractivity contribution in [3.8, 4) is 0 Å². The fourth-order valence-electron chi connectivity index (χ4n) is 1.51. The first-order chi connectivity index (χ1) is 7.91. The van der Waals surface area contributed by atoms with Gasteiger partial charge in [-0.15, -0.1) is 0 Å². The van der Waals surface area contributed by atoms with Gasteiger partial charge >= 0.3 is 11.9 Å². The van der Waals surface area contributed by atoms with Gasteiger partial charge in [0.15, 0.2) is 0 Å². The van der Waals surface area contributed by atoms with Crippen molar-refractivity contribution in [1.82, 2.24) is 5.32 Å². The first kappa shape index (κ1) is 13.4. The second-order valence-corrected chi connectivity index (χ2v) is 4.28. The Labute approximate surface area is 98.0 Å². The lowest BCUT2D eigenvalue weighted by molar-refractivity contribution is -0.143. The van der Waals surface area contributed by atoms with Crippen molar-refractivity contribution in [2.45, 2.75) is 31.7 Å². The lowest BCUT2D eigenvalue weighted by Gasteiger charge is -2.18. The molecule has 96 valence electrons. The number of nitrogens with one attached hydrogen (secondary N) is 1. The molecule has 1 unspecified atom stereocenters. The molecule has 0 aromatic heterocycles. The molecule has 1 saturated carbocycles. The number of carboxylic acids is 2. The zero-order valence-electron chi connectivity index (χ0n) is 9.31. The van der Waals surface area contributed by atoms with Crippen LogP contribution in [-0.4, -0.2) is 40.6 Å². The lowest BCUT2D eigenvalue weighted by Crippen LogP contribution is -2.46. The van der Waals surface area contributed by atoms with Crippen LogP contribution in [-0.2, 0) is 14.4 Å². The summed E-state index contributed by atoms with van der Waals surface area (Å²) in [5.41, 5.74) is 4.81. The molecule has 7 nitrogen and oxygen atoms in total. The quantitative estimate of drug-likeness (QED) is 0.462. The highest BCUT2D eigenvalue weighted by Crippen LogP contribution is 2.44. The standard InChI is InChI=1S/C10H16N2O5/c11-5-10(3-4-10)9(17)12-6(8(15)16)1-2-7(13)14/h6H,1-5,11H2,(H,12,17)(H,13,14)(H,15,16). The summed E-state index contributed by atoms with van der Waals surface area (Å²) in [6.07, 6.45) is 0.880. The van der Waals surface area contributed by atoms with Gasteiger partial charge in [0.1, 0.15) is 6.04 Å². The van der Waals surface area contributed by atoms with E-state index in [1.807, 2.05) is 0 Å². The number of nitrogens with two attached hydrogens (primary N) is 1. The van der Waals surface area contributed by atoms with Crippen LogP contribution in [0.4, 0.5) is 0 Å². The van der Waals surface area contributed by atoms with Gasteiger partial charge in [-0.2, -0.15) is 0 Å². The third kappa shape index (κ3) is 3.42. The molecule has 0 heterocycles. The normalized spacial score (nSPS) is 18.2. The van der Waals surface area contributed by atoms with Crippen LogP contribution in [0.3, 0.4) is 0 Å². The van der Waals surface area contributed by atoms with E-state index < -0.39 is 29.3 Å². The van der Waals surface area contributed by atoms with Gasteiger partial charge in [0, 0.05) is 13.0 Å². The minimum Gasteiger partial charge on any atom is -0.481 e. The fourth-order valence-corrected chi connectivity index (χ4v) is 1.51. The smallest absolute Gasteiger partial charge is 0.326 e. The molecule has 0 aliphatic heterocycles. The van der Waals surface area contributed by atoms with Gasteiger partial charge in [-0.25, -0.2) is 4.79 Å². The molecule has 0 bridgehead atoms. The van der Waals surface area contributed by atoms with Crippen LogP contribution < -0.4 is 11.1 Å². The van der Waals surface area contributed by atoms with Crippen LogP contribution in [0.25, 0.3) is 0 Å². The Kier molecular flexibility index (Phi) is 4.06. The fraction of sp³-hybridized carbons (Fsp3) is 0.700. The molecule has 1 aliphatic carbocycles. The van der Waals surface area contributed by atoms with E-state index in [-0.39, 0.29) is 19.4 Å². The maximum atomic E-state index is 11.7. The summed E-state index contributed by atoms with van der Waals surface area (Å²) in [7, 11) is 0. The average molecular weight is 244 g/mol. The lowest BCUT2D eigenvalue weighted by atomic mass is 10.0. The molecule has 1 aliphatic rings. The zero-order chi connectivity index (χ0) is 13.1. The van der Waals surface area contributed by atoms with Crippen LogP contribution in [0.2, 0.25) is 0 Å². The van der Waals surface area contributed by atoms with Crippen LogP contribution >= 0.6 is 0 Å². The molecule has 0 spiro atoms. The Morgan fingerprint density at radius 2 is 1.88 bits per heavy atom. The first-order valence-corrected chi connectivity index (χ1v) is 5.37. The summed E-state index contributed by atoms with van der Waals surface area (Å²) in [5, 5.41) is 19.7. The summed E-state index contributed by atoms with van der Waals surface area (Å²) in [6, 6.07) is -1.16. The molecule has 0 aromatic carbocycles. The highest BCUT2D eigenvalue weighted by Gasteiger charge is 2.49. The van der Waals surface area contributed by atoms with Crippen molar-refractivity contribution < 1.29 is 24.6 Å². The topological polar surface area (TPSA) is 130 Å². The maximum absolute atomic E-state index is 11.7. The summed E-state index contributed by atoms with van der Waals surface area (Å²) in [4.78, 5) is 32.9. The molecular formula is C10H16N2O5. The summed E-state index contributed by atoms with van der Waals surface area (Å²) in [6.45, 7) is 0.185. The minimum atomic E-state index is -1.23. The molecule has 7 heteroatoms. The second kappa shape index (κ2) is 5.13. The summed E-state index contributed by atoms with van der Waals surface area (Å²) < 4.78 is 0. The van der Waals surface area contributed by atoms with E-state index in [1.165, 1.54) is 0 Å². The Morgan fingerprint density at radius 3 is 2.24 bits per heavy atom. The highest BCUT2D eigenvalue weighted by atomic mass is 16.4. The molecule has 1 amide bonds. The van der Waals surface area contributed by atoms with E-state index in [2.05, 4.69) is 5.32 Å². The summed E-state index contributed by atoms with van der Waals surface area (Å²) in [5.74, 6) is -2.71. The third-order valence-corrected chi connectivity index (χ3v) is 2.98. The average Bonchev–Trinajstić information content (AvgIpc) is 3.03. The van der Waals surface area contributed by atoms with E-state index in [9.17, 15) is 14.4 Å². The summed E-state index contributed by atoms with van der Waals surface area (Å²) >= 11 is 0. The van der Waals surface area contributed by atoms with Gasteiger partial charge < -0.3 is 21.3 Å². The Bertz CT molecular complexity index is 338. The van der Waals surface area contributed by atoms with Gasteiger partial charge in [-0.1, -0.05) is 0 Å². The third-order valence-electron chi connectivity index (χ3n) is 2.98. The molecule has 0 saturated heterocycles. The number of carboxylic acid groups (broad SMARTS) is 2. The van der Waals surface area contributed by atoms with Crippen molar-refractivity contribution in [3.63, 3.8) is 0 Å². The van der Waals surface area contributed by atoms with Crippen molar-refractivity contribution in [2.75, 3.05) is 6.54 Å². The monoisotopic (exact) mass is 244 g/mol. The number of aliphatic carboxylic acids is 2. The highest BCUT2D eigenvalue weighted by molar-refractivity contribution is 5.89. The number of rotatable bonds is 7. The Morgan fingerprint density at radius 1 is 1.29 bits per heavy atom. The molecule has 0 aromatic rings. The number of hydrogen-bond donors (Lipinski definition) is 4. The van der Waals surface area contributed by atoms with Crippen LogP contribution in [0.1, 0.15) is 25.7 Å². The minimum absolute atomic E-state index is 0.128. The second-order valence-electron chi connectivity index (χ2n) is 4.28. The van der Waals surface area contributed by atoms with Gasteiger partial charge in [0.25, 0.3) is 0 Å². The van der Waals surface area contributed by atoms with Crippen LogP contribution in [0, 0.1) is 5.41 Å². The van der Waals surface area contributed by atoms with Crippen LogP contribution in [0.15, 0.2) is 0 Å². The van der Waals surface area contributed by atoms with Crippen molar-refractivity contribution in [2.24, 2.45) is 11.1 Å². The van der Waals surface area contributed by atoms with E-state index >= 15 is 0 Å². The maximum Gasteiger partial charge on any atom is 0.326 e. The predicted molar refractivity (Wildman–Crippen MR) is 57.2 cm³/mol. The van der Waals surface area contributed by atoms with Crippen LogP contribution in [0.5, 0.6) is 0 Å². The van der Waals surface area contributed by atoms with Gasteiger partial charge in [0.05, 0.1) is 5.41 Å². The molecule has 0 radical (unpaired) electrons. The molecule has 17 heavy (non-hydrogen) atoms. The predicted octanol–water partition coefficient (Wildman–Crippen LogP) is -0.840. The van der Waals surface area contributed by atoms with Crippen molar-refractivity contribution >= 4 is 17.8 Å². The molecule has 1 fully saturated rings. The van der Waals surface area contributed by atoms with E-state index in [0.717, 1.165) is 0 Å². The number of hydrogen-bond acceptors (Lipinski definition) is 4. The van der Waals surface area contributed by atoms with E-state index in [4.69, 9.17) is 15.9 Å². The molecular weight excluding hydrogens is 228 g/mol. The van der Waals surface area contributed by atoms with Crippen molar-refractivity contribution in [1.29, 1.82) is 0 Å².